The zero-order valence-electron chi connectivity index (χ0n) is 12.0. The van der Waals surface area contributed by atoms with Crippen molar-refractivity contribution in [3.8, 4) is 5.75 Å². The second-order valence-electron chi connectivity index (χ2n) is 4.13. The van der Waals surface area contributed by atoms with Gasteiger partial charge in [-0.05, 0) is 25.5 Å². The normalized spacial score (nSPS) is 11.0. The van der Waals surface area contributed by atoms with E-state index in [9.17, 15) is 22.8 Å². The Morgan fingerprint density at radius 2 is 1.91 bits per heavy atom. The predicted octanol–water partition coefficient (Wildman–Crippen LogP) is 2.87. The van der Waals surface area contributed by atoms with Crippen LogP contribution in [-0.4, -0.2) is 32.0 Å². The highest BCUT2D eigenvalue weighted by molar-refractivity contribution is 5.92. The summed E-state index contributed by atoms with van der Waals surface area (Å²) in [6, 6.07) is 3.63. The Hall–Kier alpha value is -2.25. The number of hydrogen-bond donors (Lipinski definition) is 0. The fourth-order valence-electron chi connectivity index (χ4n) is 1.77. The molecule has 8 heteroatoms. The number of esters is 2. The molecule has 0 N–H and O–H groups in total. The highest BCUT2D eigenvalue weighted by atomic mass is 19.4. The summed E-state index contributed by atoms with van der Waals surface area (Å²) in [6.07, 6.45) is -5.25. The quantitative estimate of drug-likeness (QED) is 0.754. The van der Waals surface area contributed by atoms with Crippen LogP contribution in [-0.2, 0) is 20.7 Å². The molecule has 0 atom stereocenters. The van der Waals surface area contributed by atoms with E-state index < -0.39 is 24.1 Å². The molecule has 22 heavy (non-hydrogen) atoms. The molecule has 0 saturated carbocycles. The minimum Gasteiger partial charge on any atom is -0.469 e. The van der Waals surface area contributed by atoms with Gasteiger partial charge in [-0.15, -0.1) is 13.2 Å². The van der Waals surface area contributed by atoms with Gasteiger partial charge in [-0.3, -0.25) is 4.79 Å². The van der Waals surface area contributed by atoms with Gasteiger partial charge in [0.1, 0.15) is 5.75 Å². The van der Waals surface area contributed by atoms with Crippen molar-refractivity contribution >= 4 is 11.9 Å². The number of carbonyl (C=O) groups is 2. The fraction of sp³-hybridized carbons (Fsp3) is 0.429. The van der Waals surface area contributed by atoms with Gasteiger partial charge in [-0.1, -0.05) is 6.07 Å². The number of benzene rings is 1. The molecule has 0 aromatic heterocycles. The summed E-state index contributed by atoms with van der Waals surface area (Å²) in [5.74, 6) is -1.94. The number of alkyl halides is 3. The molecule has 0 unspecified atom stereocenters. The van der Waals surface area contributed by atoms with Gasteiger partial charge < -0.3 is 14.2 Å². The molecular formula is C14H15F3O5. The lowest BCUT2D eigenvalue weighted by atomic mass is 10.0. The van der Waals surface area contributed by atoms with Crippen molar-refractivity contribution in [1.29, 1.82) is 0 Å². The highest BCUT2D eigenvalue weighted by Gasteiger charge is 2.33. The third-order valence-corrected chi connectivity index (χ3v) is 2.66. The van der Waals surface area contributed by atoms with Gasteiger partial charge in [-0.2, -0.15) is 0 Å². The Balaban J connectivity index is 3.17. The van der Waals surface area contributed by atoms with Gasteiger partial charge in [0.15, 0.2) is 0 Å². The van der Waals surface area contributed by atoms with E-state index in [2.05, 4.69) is 9.47 Å². The SMILES string of the molecule is CCOC(=O)c1cccc(OC(F)(F)F)c1CCC(=O)OC. The van der Waals surface area contributed by atoms with E-state index in [0.29, 0.717) is 0 Å². The van der Waals surface area contributed by atoms with Crippen LogP contribution in [0.25, 0.3) is 0 Å². The number of ether oxygens (including phenoxy) is 3. The van der Waals surface area contributed by atoms with Gasteiger partial charge in [0.2, 0.25) is 0 Å². The molecule has 0 saturated heterocycles. The van der Waals surface area contributed by atoms with Gasteiger partial charge >= 0.3 is 18.3 Å². The molecule has 0 aliphatic heterocycles. The first-order valence-corrected chi connectivity index (χ1v) is 6.40. The van der Waals surface area contributed by atoms with E-state index in [1.807, 2.05) is 0 Å². The largest absolute Gasteiger partial charge is 0.573 e. The lowest BCUT2D eigenvalue weighted by Gasteiger charge is -2.16. The first kappa shape index (κ1) is 17.8. The lowest BCUT2D eigenvalue weighted by Crippen LogP contribution is -2.20. The van der Waals surface area contributed by atoms with Crippen LogP contribution in [0.4, 0.5) is 13.2 Å². The Labute approximate surface area is 125 Å². The fourth-order valence-corrected chi connectivity index (χ4v) is 1.77. The van der Waals surface area contributed by atoms with Crippen LogP contribution in [0.3, 0.4) is 0 Å². The van der Waals surface area contributed by atoms with Crippen LogP contribution in [0.15, 0.2) is 18.2 Å². The molecule has 0 spiro atoms. The van der Waals surface area contributed by atoms with E-state index in [4.69, 9.17) is 4.74 Å². The van der Waals surface area contributed by atoms with Gasteiger partial charge in [0.25, 0.3) is 0 Å². The Bertz CT molecular complexity index is 540. The number of carbonyl (C=O) groups excluding carboxylic acids is 2. The smallest absolute Gasteiger partial charge is 0.469 e. The van der Waals surface area contributed by atoms with Crippen LogP contribution in [0.5, 0.6) is 5.75 Å². The molecule has 0 fully saturated rings. The van der Waals surface area contributed by atoms with E-state index >= 15 is 0 Å². The maximum Gasteiger partial charge on any atom is 0.573 e. The average molecular weight is 320 g/mol. The maximum absolute atomic E-state index is 12.4. The highest BCUT2D eigenvalue weighted by Crippen LogP contribution is 2.30. The molecule has 0 amide bonds. The van der Waals surface area contributed by atoms with Crippen LogP contribution in [0, 0.1) is 0 Å². The summed E-state index contributed by atoms with van der Waals surface area (Å²) in [4.78, 5) is 23.0. The summed E-state index contributed by atoms with van der Waals surface area (Å²) in [5, 5.41) is 0. The monoisotopic (exact) mass is 320 g/mol. The maximum atomic E-state index is 12.4. The lowest BCUT2D eigenvalue weighted by molar-refractivity contribution is -0.274. The molecule has 0 heterocycles. The van der Waals surface area contributed by atoms with E-state index in [1.165, 1.54) is 12.1 Å². The van der Waals surface area contributed by atoms with Crippen molar-refractivity contribution < 1.29 is 37.0 Å². The summed E-state index contributed by atoms with van der Waals surface area (Å²) < 4.78 is 50.5. The predicted molar refractivity (Wildman–Crippen MR) is 69.4 cm³/mol. The number of methoxy groups -OCH3 is 1. The van der Waals surface area contributed by atoms with Gasteiger partial charge in [0, 0.05) is 12.0 Å². The van der Waals surface area contributed by atoms with Crippen molar-refractivity contribution in [2.24, 2.45) is 0 Å². The van der Waals surface area contributed by atoms with Crippen molar-refractivity contribution in [2.45, 2.75) is 26.1 Å². The van der Waals surface area contributed by atoms with Crippen molar-refractivity contribution in [1.82, 2.24) is 0 Å². The zero-order chi connectivity index (χ0) is 16.8. The summed E-state index contributed by atoms with van der Waals surface area (Å²) in [7, 11) is 1.16. The van der Waals surface area contributed by atoms with Crippen molar-refractivity contribution in [3.05, 3.63) is 29.3 Å². The number of hydrogen-bond acceptors (Lipinski definition) is 5. The zero-order valence-corrected chi connectivity index (χ0v) is 12.0. The molecule has 1 aromatic carbocycles. The topological polar surface area (TPSA) is 61.8 Å². The van der Waals surface area contributed by atoms with Crippen LogP contribution in [0.2, 0.25) is 0 Å². The average Bonchev–Trinajstić information content (AvgIpc) is 2.43. The first-order chi connectivity index (χ1) is 10.3. The van der Waals surface area contributed by atoms with Crippen LogP contribution >= 0.6 is 0 Å². The van der Waals surface area contributed by atoms with Gasteiger partial charge in [0.05, 0.1) is 19.3 Å². The Morgan fingerprint density at radius 1 is 1.23 bits per heavy atom. The van der Waals surface area contributed by atoms with E-state index in [1.54, 1.807) is 6.92 Å². The van der Waals surface area contributed by atoms with Crippen molar-refractivity contribution in [2.75, 3.05) is 13.7 Å². The minimum absolute atomic E-state index is 0.0522. The van der Waals surface area contributed by atoms with Crippen LogP contribution < -0.4 is 4.74 Å². The van der Waals surface area contributed by atoms with Crippen LogP contribution in [0.1, 0.15) is 29.3 Å². The second kappa shape index (κ2) is 7.67. The van der Waals surface area contributed by atoms with Crippen molar-refractivity contribution in [3.63, 3.8) is 0 Å². The Kier molecular flexibility index (Phi) is 6.21. The Morgan fingerprint density at radius 3 is 2.45 bits per heavy atom. The number of halogens is 3. The summed E-state index contributed by atoms with van der Waals surface area (Å²) in [5.41, 5.74) is -0.129. The third-order valence-electron chi connectivity index (χ3n) is 2.66. The van der Waals surface area contributed by atoms with E-state index in [0.717, 1.165) is 13.2 Å². The first-order valence-electron chi connectivity index (χ1n) is 6.40. The molecule has 122 valence electrons. The third kappa shape index (κ3) is 5.27. The molecule has 1 rings (SSSR count). The van der Waals surface area contributed by atoms with Gasteiger partial charge in [-0.25, -0.2) is 4.79 Å². The number of rotatable bonds is 6. The molecule has 1 aromatic rings. The molecule has 0 aliphatic rings. The molecule has 0 bridgehead atoms. The summed E-state index contributed by atoms with van der Waals surface area (Å²) in [6.45, 7) is 1.64. The molecule has 0 aliphatic carbocycles. The minimum atomic E-state index is -4.91. The molecule has 5 nitrogen and oxygen atoms in total. The van der Waals surface area contributed by atoms with E-state index in [-0.39, 0.29) is 30.6 Å². The standard InChI is InChI=1S/C14H15F3O5/c1-3-21-13(19)10-5-4-6-11(22-14(15,16)17)9(10)7-8-12(18)20-2/h4-6H,3,7-8H2,1-2H3. The second-order valence-corrected chi connectivity index (χ2v) is 4.13. The molecule has 0 radical (unpaired) electrons. The molecular weight excluding hydrogens is 305 g/mol. The summed E-state index contributed by atoms with van der Waals surface area (Å²) >= 11 is 0.